The van der Waals surface area contributed by atoms with Crippen LogP contribution in [0, 0.1) is 13.8 Å². The third-order valence-corrected chi connectivity index (χ3v) is 7.14. The van der Waals surface area contributed by atoms with Crippen LogP contribution in [-0.4, -0.2) is 57.8 Å². The van der Waals surface area contributed by atoms with Gasteiger partial charge in [-0.25, -0.2) is 14.5 Å². The van der Waals surface area contributed by atoms with Crippen LogP contribution in [0.3, 0.4) is 0 Å². The first kappa shape index (κ1) is 23.2. The van der Waals surface area contributed by atoms with E-state index in [0.717, 1.165) is 67.3 Å². The van der Waals surface area contributed by atoms with Crippen molar-refractivity contribution in [3.8, 4) is 0 Å². The SMILES string of the molecule is BC(B)(P)c1cn2c(n1)CCC=C2NC1CCC(NC(=O)c2cnn3c(C)cc(C)nc23)CC1. The number of rotatable bonds is 5. The molecule has 3 aromatic heterocycles. The van der Waals surface area contributed by atoms with Crippen molar-refractivity contribution in [2.45, 2.75) is 69.4 Å². The Kier molecular flexibility index (Phi) is 6.05. The van der Waals surface area contributed by atoms with Crippen molar-refractivity contribution in [2.24, 2.45) is 0 Å². The molecule has 4 heterocycles. The summed E-state index contributed by atoms with van der Waals surface area (Å²) in [6.07, 6.45) is 12.0. The highest BCUT2D eigenvalue weighted by atomic mass is 31.0. The minimum atomic E-state index is -0.0884. The lowest BCUT2D eigenvalue weighted by Gasteiger charge is -2.32. The Hall–Kier alpha value is -2.60. The largest absolute Gasteiger partial charge is 0.369 e. The van der Waals surface area contributed by atoms with Crippen molar-refractivity contribution in [2.75, 3.05) is 0 Å². The van der Waals surface area contributed by atoms with Gasteiger partial charge in [-0.3, -0.25) is 9.36 Å². The Morgan fingerprint density at radius 1 is 1.18 bits per heavy atom. The second-order valence-corrected chi connectivity index (χ2v) is 11.7. The number of imidazole rings is 1. The summed E-state index contributed by atoms with van der Waals surface area (Å²) in [6.45, 7) is 3.91. The molecule has 8 nitrogen and oxygen atoms in total. The molecule has 176 valence electrons. The maximum atomic E-state index is 13.0. The zero-order valence-electron chi connectivity index (χ0n) is 20.4. The number of aryl methyl sites for hydroxylation is 3. The highest BCUT2D eigenvalue weighted by molar-refractivity contribution is 7.25. The Labute approximate surface area is 204 Å². The fraction of sp³-hybridized carbons (Fsp3) is 0.478. The number of hydrogen-bond acceptors (Lipinski definition) is 5. The number of allylic oxidation sites excluding steroid dienone is 1. The average Bonchev–Trinajstić information content (AvgIpc) is 3.40. The minimum absolute atomic E-state index is 0.0420. The van der Waals surface area contributed by atoms with E-state index < -0.39 is 0 Å². The van der Waals surface area contributed by atoms with E-state index in [9.17, 15) is 4.79 Å². The molecule has 0 radical (unpaired) electrons. The molecule has 1 atom stereocenters. The van der Waals surface area contributed by atoms with E-state index in [-0.39, 0.29) is 16.9 Å². The second-order valence-electron chi connectivity index (χ2n) is 10.3. The Morgan fingerprint density at radius 3 is 2.65 bits per heavy atom. The third-order valence-electron chi connectivity index (χ3n) is 6.84. The van der Waals surface area contributed by atoms with Gasteiger partial charge >= 0.3 is 0 Å². The van der Waals surface area contributed by atoms with Gasteiger partial charge in [-0.1, -0.05) is 0 Å². The van der Waals surface area contributed by atoms with Crippen LogP contribution in [0.4, 0.5) is 0 Å². The average molecular weight is 475 g/mol. The van der Waals surface area contributed by atoms with Gasteiger partial charge in [0, 0.05) is 36.1 Å². The lowest BCUT2D eigenvalue weighted by Crippen LogP contribution is -2.42. The highest BCUT2D eigenvalue weighted by Crippen LogP contribution is 2.28. The predicted octanol–water partition coefficient (Wildman–Crippen LogP) is 0.870. The topological polar surface area (TPSA) is 89.1 Å². The van der Waals surface area contributed by atoms with E-state index >= 15 is 0 Å². The summed E-state index contributed by atoms with van der Waals surface area (Å²) in [4.78, 5) is 22.4. The summed E-state index contributed by atoms with van der Waals surface area (Å²) in [5.41, 5.74) is 4.12. The number of hydrogen-bond donors (Lipinski definition) is 2. The zero-order chi connectivity index (χ0) is 24.0. The highest BCUT2D eigenvalue weighted by Gasteiger charge is 2.27. The first-order valence-electron chi connectivity index (χ1n) is 12.2. The Morgan fingerprint density at radius 2 is 1.91 bits per heavy atom. The molecule has 2 N–H and O–H groups in total. The quantitative estimate of drug-likeness (QED) is 0.423. The number of nitrogens with one attached hydrogen (secondary N) is 2. The van der Waals surface area contributed by atoms with Crippen LogP contribution in [-0.2, 0) is 11.4 Å². The van der Waals surface area contributed by atoms with Crippen molar-refractivity contribution < 1.29 is 4.79 Å². The van der Waals surface area contributed by atoms with Crippen LogP contribution < -0.4 is 10.6 Å². The fourth-order valence-corrected chi connectivity index (χ4v) is 5.10. The summed E-state index contributed by atoms with van der Waals surface area (Å²) in [5.74, 6) is 2.18. The monoisotopic (exact) mass is 475 g/mol. The molecule has 0 saturated heterocycles. The molecule has 1 aliphatic heterocycles. The number of amides is 1. The summed E-state index contributed by atoms with van der Waals surface area (Å²) < 4.78 is 3.95. The molecule has 1 saturated carbocycles. The van der Waals surface area contributed by atoms with Gasteiger partial charge in [0.15, 0.2) is 5.65 Å². The summed E-state index contributed by atoms with van der Waals surface area (Å²) >= 11 is 0. The van der Waals surface area contributed by atoms with Crippen LogP contribution in [0.2, 0.25) is 0 Å². The van der Waals surface area contributed by atoms with Gasteiger partial charge < -0.3 is 10.6 Å². The van der Waals surface area contributed by atoms with Gasteiger partial charge in [-0.2, -0.15) is 5.10 Å². The van der Waals surface area contributed by atoms with Gasteiger partial charge in [-0.15, -0.1) is 9.24 Å². The molecule has 0 aromatic carbocycles. The zero-order valence-corrected chi connectivity index (χ0v) is 21.6. The van der Waals surface area contributed by atoms with Gasteiger partial charge in [-0.05, 0) is 63.0 Å². The number of carbonyl (C=O) groups excluding carboxylic acids is 1. The lowest BCUT2D eigenvalue weighted by molar-refractivity contribution is 0.0926. The molecule has 0 bridgehead atoms. The van der Waals surface area contributed by atoms with E-state index in [4.69, 9.17) is 4.98 Å². The molecular formula is C23H32B2N7OP. The van der Waals surface area contributed by atoms with Crippen molar-refractivity contribution in [1.82, 2.24) is 34.8 Å². The first-order chi connectivity index (χ1) is 16.2. The van der Waals surface area contributed by atoms with Crippen molar-refractivity contribution in [3.05, 3.63) is 53.0 Å². The molecule has 2 aliphatic rings. The minimum Gasteiger partial charge on any atom is -0.369 e. The number of aromatic nitrogens is 5. The molecular weight excluding hydrogens is 443 g/mol. The second kappa shape index (κ2) is 8.88. The standard InChI is InChI=1S/C23H32B2N7OP/c1-13-10-14(2)32-21(27-13)17(11-26-32)22(33)29-16-8-6-15(7-9-16)28-19-4-3-5-20-30-18(12-31(19)20)23(24,25)34/h4,10-12,15-16,28H,3,5-9,24-25,34H2,1-2H3,(H,29,33). The smallest absolute Gasteiger partial charge is 0.256 e. The normalized spacial score (nSPS) is 20.6. The van der Waals surface area contributed by atoms with E-state index in [2.05, 4.69) is 62.5 Å². The van der Waals surface area contributed by atoms with Gasteiger partial charge in [0.2, 0.25) is 0 Å². The van der Waals surface area contributed by atoms with E-state index in [1.54, 1.807) is 10.7 Å². The molecule has 11 heteroatoms. The maximum Gasteiger partial charge on any atom is 0.256 e. The predicted molar refractivity (Wildman–Crippen MR) is 142 cm³/mol. The Balaban J connectivity index is 1.20. The molecule has 5 rings (SSSR count). The van der Waals surface area contributed by atoms with Gasteiger partial charge in [0.05, 0.1) is 11.9 Å². The van der Waals surface area contributed by atoms with Crippen molar-refractivity contribution >= 4 is 42.3 Å². The molecule has 1 unspecified atom stereocenters. The van der Waals surface area contributed by atoms with Gasteiger partial charge in [0.25, 0.3) is 5.91 Å². The van der Waals surface area contributed by atoms with E-state index in [1.165, 1.54) is 0 Å². The van der Waals surface area contributed by atoms with Crippen LogP contribution in [0.25, 0.3) is 11.5 Å². The molecule has 34 heavy (non-hydrogen) atoms. The molecule has 1 aliphatic carbocycles. The number of fused-ring (bicyclic) bond motifs is 2. The van der Waals surface area contributed by atoms with E-state index in [1.807, 2.05) is 19.9 Å². The van der Waals surface area contributed by atoms with Crippen LogP contribution >= 0.6 is 9.24 Å². The molecule has 1 amide bonds. The lowest BCUT2D eigenvalue weighted by atomic mass is 9.67. The Bertz CT molecular complexity index is 1270. The van der Waals surface area contributed by atoms with Crippen LogP contribution in [0.1, 0.15) is 65.4 Å². The van der Waals surface area contributed by atoms with Crippen LogP contribution in [0.5, 0.6) is 0 Å². The van der Waals surface area contributed by atoms with Gasteiger partial charge in [0.1, 0.15) is 32.9 Å². The van der Waals surface area contributed by atoms with Crippen molar-refractivity contribution in [3.63, 3.8) is 0 Å². The van der Waals surface area contributed by atoms with E-state index in [0.29, 0.717) is 17.3 Å². The number of carbonyl (C=O) groups is 1. The summed E-state index contributed by atoms with van der Waals surface area (Å²) in [7, 11) is 7.23. The maximum absolute atomic E-state index is 13.0. The molecule has 1 fully saturated rings. The first-order valence-corrected chi connectivity index (χ1v) is 12.7. The summed E-state index contributed by atoms with van der Waals surface area (Å²) in [6, 6.07) is 2.53. The molecule has 0 spiro atoms. The third kappa shape index (κ3) is 4.52. The molecule has 3 aromatic rings. The van der Waals surface area contributed by atoms with Crippen LogP contribution in [0.15, 0.2) is 24.5 Å². The van der Waals surface area contributed by atoms with Crippen molar-refractivity contribution in [1.29, 1.82) is 0 Å². The number of nitrogens with zero attached hydrogens (tertiary/aromatic N) is 5. The fourth-order valence-electron chi connectivity index (χ4n) is 4.96. The summed E-state index contributed by atoms with van der Waals surface area (Å²) in [5, 5.41) is 11.3.